The predicted octanol–water partition coefficient (Wildman–Crippen LogP) is 2.85. The van der Waals surface area contributed by atoms with Crippen LogP contribution in [0.25, 0.3) is 5.69 Å². The number of anilines is 1. The van der Waals surface area contributed by atoms with Gasteiger partial charge in [-0.15, -0.1) is 0 Å². The average molecular weight is 345 g/mol. The maximum Gasteiger partial charge on any atom is 0.213 e. The van der Waals surface area contributed by atoms with Gasteiger partial charge in [0.2, 0.25) is 10.0 Å². The lowest BCUT2D eigenvalue weighted by Crippen LogP contribution is -2.51. The minimum absolute atomic E-state index is 0.172. The first-order valence-corrected chi connectivity index (χ1v) is 10.1. The van der Waals surface area contributed by atoms with Crippen LogP contribution in [-0.2, 0) is 15.6 Å². The van der Waals surface area contributed by atoms with E-state index in [2.05, 4.69) is 53.3 Å². The van der Waals surface area contributed by atoms with Gasteiger partial charge in [-0.2, -0.15) is 0 Å². The normalized spacial score (nSPS) is 19.6. The van der Waals surface area contributed by atoms with Crippen LogP contribution in [0, 0.1) is 6.92 Å². The van der Waals surface area contributed by atoms with Crippen molar-refractivity contribution in [2.45, 2.75) is 32.2 Å². The standard InChI is InChI=1S/C18H23N3O2S/c1-3-24(22,23)20-11-8-18(9-12-20)17-5-4-10-21(17)16-7-6-14(2)13-15(16)19-18/h4-7,10,13,19H,3,8-9,11-12H2,1-2H3. The molecule has 0 amide bonds. The van der Waals surface area contributed by atoms with Crippen LogP contribution in [0.5, 0.6) is 0 Å². The molecule has 0 aliphatic carbocycles. The summed E-state index contributed by atoms with van der Waals surface area (Å²) in [7, 11) is -3.11. The van der Waals surface area contributed by atoms with E-state index in [-0.39, 0.29) is 11.3 Å². The number of fused-ring (bicyclic) bond motifs is 4. The zero-order valence-corrected chi connectivity index (χ0v) is 14.9. The predicted molar refractivity (Wildman–Crippen MR) is 96.1 cm³/mol. The Kier molecular flexibility index (Phi) is 3.51. The fourth-order valence-electron chi connectivity index (χ4n) is 3.97. The number of sulfonamides is 1. The van der Waals surface area contributed by atoms with Crippen molar-refractivity contribution in [3.05, 3.63) is 47.8 Å². The third kappa shape index (κ3) is 2.28. The molecule has 128 valence electrons. The molecule has 2 aliphatic heterocycles. The van der Waals surface area contributed by atoms with Gasteiger partial charge in [0.25, 0.3) is 0 Å². The monoisotopic (exact) mass is 345 g/mol. The molecule has 4 rings (SSSR count). The van der Waals surface area contributed by atoms with Gasteiger partial charge in [-0.1, -0.05) is 6.07 Å². The minimum Gasteiger partial charge on any atom is -0.372 e. The topological polar surface area (TPSA) is 54.3 Å². The molecule has 5 nitrogen and oxygen atoms in total. The van der Waals surface area contributed by atoms with Gasteiger partial charge < -0.3 is 9.88 Å². The second kappa shape index (κ2) is 5.36. The van der Waals surface area contributed by atoms with Crippen molar-refractivity contribution in [3.63, 3.8) is 0 Å². The number of rotatable bonds is 2. The maximum atomic E-state index is 12.2. The summed E-state index contributed by atoms with van der Waals surface area (Å²) >= 11 is 0. The first kappa shape index (κ1) is 15.7. The highest BCUT2D eigenvalue weighted by Gasteiger charge is 2.43. The first-order valence-electron chi connectivity index (χ1n) is 8.50. The van der Waals surface area contributed by atoms with Crippen molar-refractivity contribution in [2.24, 2.45) is 0 Å². The number of benzene rings is 1. The minimum atomic E-state index is -3.11. The quantitative estimate of drug-likeness (QED) is 0.911. The van der Waals surface area contributed by atoms with Crippen molar-refractivity contribution in [1.82, 2.24) is 8.87 Å². The van der Waals surface area contributed by atoms with Crippen molar-refractivity contribution in [1.29, 1.82) is 0 Å². The molecule has 0 unspecified atom stereocenters. The van der Waals surface area contributed by atoms with Gasteiger partial charge in [0, 0.05) is 25.0 Å². The Balaban J connectivity index is 1.71. The lowest BCUT2D eigenvalue weighted by atomic mass is 9.83. The van der Waals surface area contributed by atoms with E-state index in [0.717, 1.165) is 24.2 Å². The van der Waals surface area contributed by atoms with Gasteiger partial charge in [-0.25, -0.2) is 12.7 Å². The fourth-order valence-corrected chi connectivity index (χ4v) is 5.08. The highest BCUT2D eigenvalue weighted by Crippen LogP contribution is 2.43. The summed E-state index contributed by atoms with van der Waals surface area (Å²) in [6.07, 6.45) is 3.66. The number of aryl methyl sites for hydroxylation is 1. The van der Waals surface area contributed by atoms with Crippen molar-refractivity contribution in [2.75, 3.05) is 24.2 Å². The third-order valence-corrected chi connectivity index (χ3v) is 7.24. The lowest BCUT2D eigenvalue weighted by Gasteiger charge is -2.46. The molecule has 0 bridgehead atoms. The van der Waals surface area contributed by atoms with Crippen LogP contribution in [0.15, 0.2) is 36.5 Å². The zero-order chi connectivity index (χ0) is 16.9. The second-order valence-electron chi connectivity index (χ2n) is 6.79. The van der Waals surface area contributed by atoms with Gasteiger partial charge in [-0.3, -0.25) is 0 Å². The molecule has 2 aromatic rings. The molecule has 1 fully saturated rings. The molecule has 2 aliphatic rings. The summed E-state index contributed by atoms with van der Waals surface area (Å²) in [6, 6.07) is 10.7. The molecule has 24 heavy (non-hydrogen) atoms. The van der Waals surface area contributed by atoms with Crippen LogP contribution in [0.2, 0.25) is 0 Å². The number of nitrogens with one attached hydrogen (secondary N) is 1. The Morgan fingerprint density at radius 3 is 2.67 bits per heavy atom. The molecule has 1 aromatic heterocycles. The Morgan fingerprint density at radius 1 is 1.21 bits per heavy atom. The Morgan fingerprint density at radius 2 is 1.96 bits per heavy atom. The van der Waals surface area contributed by atoms with Crippen LogP contribution in [0.1, 0.15) is 31.0 Å². The fraction of sp³-hybridized carbons (Fsp3) is 0.444. The van der Waals surface area contributed by atoms with E-state index in [1.807, 2.05) is 0 Å². The summed E-state index contributed by atoms with van der Waals surface area (Å²) in [5.41, 5.74) is 4.55. The van der Waals surface area contributed by atoms with Crippen LogP contribution >= 0.6 is 0 Å². The zero-order valence-electron chi connectivity index (χ0n) is 14.1. The van der Waals surface area contributed by atoms with E-state index >= 15 is 0 Å². The number of hydrogen-bond donors (Lipinski definition) is 1. The van der Waals surface area contributed by atoms with Crippen LogP contribution < -0.4 is 5.32 Å². The van der Waals surface area contributed by atoms with Gasteiger partial charge in [-0.05, 0) is 56.5 Å². The van der Waals surface area contributed by atoms with Crippen LogP contribution in [0.4, 0.5) is 5.69 Å². The highest BCUT2D eigenvalue weighted by molar-refractivity contribution is 7.89. The molecule has 1 N–H and O–H groups in total. The molecular weight excluding hydrogens is 322 g/mol. The highest BCUT2D eigenvalue weighted by atomic mass is 32.2. The van der Waals surface area contributed by atoms with E-state index in [0.29, 0.717) is 13.1 Å². The first-order chi connectivity index (χ1) is 11.5. The molecule has 1 aromatic carbocycles. The van der Waals surface area contributed by atoms with Gasteiger partial charge >= 0.3 is 0 Å². The van der Waals surface area contributed by atoms with Crippen LogP contribution in [-0.4, -0.2) is 36.1 Å². The SMILES string of the molecule is CCS(=O)(=O)N1CCC2(CC1)Nc1cc(C)ccc1-n1cccc12. The Labute approximate surface area is 143 Å². The van der Waals surface area contributed by atoms with Crippen molar-refractivity contribution >= 4 is 15.7 Å². The van der Waals surface area contributed by atoms with Crippen LogP contribution in [0.3, 0.4) is 0 Å². The summed E-state index contributed by atoms with van der Waals surface area (Å²) in [5.74, 6) is 0.172. The van der Waals surface area contributed by atoms with E-state index in [1.165, 1.54) is 11.3 Å². The number of nitrogens with zero attached hydrogens (tertiary/aromatic N) is 2. The number of aromatic nitrogens is 1. The van der Waals surface area contributed by atoms with E-state index in [1.54, 1.807) is 11.2 Å². The molecular formula is C18H23N3O2S. The molecule has 0 saturated carbocycles. The molecule has 3 heterocycles. The van der Waals surface area contributed by atoms with E-state index in [9.17, 15) is 8.42 Å². The van der Waals surface area contributed by atoms with Crippen molar-refractivity contribution in [3.8, 4) is 5.69 Å². The van der Waals surface area contributed by atoms with Gasteiger partial charge in [0.15, 0.2) is 0 Å². The van der Waals surface area contributed by atoms with Gasteiger partial charge in [0.05, 0.1) is 22.7 Å². The summed E-state index contributed by atoms with van der Waals surface area (Å²) < 4.78 is 28.2. The number of hydrogen-bond acceptors (Lipinski definition) is 3. The van der Waals surface area contributed by atoms with Crippen molar-refractivity contribution < 1.29 is 8.42 Å². The summed E-state index contributed by atoms with van der Waals surface area (Å²) in [5, 5.41) is 3.74. The third-order valence-electron chi connectivity index (χ3n) is 5.36. The molecule has 6 heteroatoms. The second-order valence-corrected chi connectivity index (χ2v) is 9.05. The lowest BCUT2D eigenvalue weighted by molar-refractivity contribution is 0.248. The Bertz CT molecular complexity index is 877. The van der Waals surface area contributed by atoms with E-state index in [4.69, 9.17) is 0 Å². The largest absolute Gasteiger partial charge is 0.372 e. The van der Waals surface area contributed by atoms with Gasteiger partial charge in [0.1, 0.15) is 0 Å². The van der Waals surface area contributed by atoms with E-state index < -0.39 is 10.0 Å². The summed E-state index contributed by atoms with van der Waals surface area (Å²) in [6.45, 7) is 4.93. The Hall–Kier alpha value is -1.79. The maximum absolute atomic E-state index is 12.2. The molecule has 1 saturated heterocycles. The summed E-state index contributed by atoms with van der Waals surface area (Å²) in [4.78, 5) is 0. The molecule has 1 spiro atoms. The molecule has 0 radical (unpaired) electrons. The smallest absolute Gasteiger partial charge is 0.213 e. The molecule has 0 atom stereocenters. The number of piperidine rings is 1. The average Bonchev–Trinajstić information content (AvgIpc) is 3.06.